The highest BCUT2D eigenvalue weighted by Crippen LogP contribution is 2.75. The maximum Gasteiger partial charge on any atom is 0.335 e. The molecule has 0 unspecified atom stereocenters. The van der Waals surface area contributed by atoms with Crippen LogP contribution in [-0.4, -0.2) is 145 Å². The number of aliphatic hydroxyl groups is 5. The number of nitrogens with one attached hydrogen (secondary N) is 1. The van der Waals surface area contributed by atoms with Gasteiger partial charge in [0.15, 0.2) is 30.6 Å². The predicted molar refractivity (Wildman–Crippen MR) is 241 cm³/mol. The van der Waals surface area contributed by atoms with Gasteiger partial charge in [0.1, 0.15) is 42.7 Å². The Morgan fingerprint density at radius 3 is 1.99 bits per heavy atom. The van der Waals surface area contributed by atoms with Gasteiger partial charge in [0.25, 0.3) is 0 Å². The Bertz CT molecular complexity index is 2140. The summed E-state index contributed by atoms with van der Waals surface area (Å²) < 4.78 is 23.6. The van der Waals surface area contributed by atoms with Crippen molar-refractivity contribution >= 4 is 23.7 Å². The van der Waals surface area contributed by atoms with E-state index in [4.69, 9.17) is 18.9 Å². The van der Waals surface area contributed by atoms with Gasteiger partial charge in [-0.05, 0) is 120 Å². The molecule has 0 bridgehead atoms. The van der Waals surface area contributed by atoms with Crippen LogP contribution in [0.15, 0.2) is 42.0 Å². The van der Waals surface area contributed by atoms with E-state index >= 15 is 4.79 Å². The monoisotopic (exact) mass is 955 g/mol. The first-order valence-corrected chi connectivity index (χ1v) is 24.5. The topological polar surface area (TPSA) is 279 Å². The smallest absolute Gasteiger partial charge is 0.335 e. The summed E-state index contributed by atoms with van der Waals surface area (Å²) in [5.41, 5.74) is 0.113. The van der Waals surface area contributed by atoms with Crippen molar-refractivity contribution < 1.29 is 79.0 Å². The molecule has 6 fully saturated rings. The van der Waals surface area contributed by atoms with Crippen molar-refractivity contribution in [3.63, 3.8) is 0 Å². The number of benzene rings is 1. The van der Waals surface area contributed by atoms with Crippen molar-refractivity contribution in [2.45, 2.75) is 186 Å². The molecular weight excluding hydrogens is 883 g/mol. The highest BCUT2D eigenvalue weighted by molar-refractivity contribution is 5.95. The van der Waals surface area contributed by atoms with Gasteiger partial charge in [0, 0.05) is 12.5 Å². The molecule has 1 aromatic carbocycles. The number of fused-ring (bicyclic) bond motifs is 7. The molecule has 5 aliphatic carbocycles. The first-order valence-electron chi connectivity index (χ1n) is 24.5. The average Bonchev–Trinajstić information content (AvgIpc) is 3.27. The Kier molecular flexibility index (Phi) is 13.5. The molecule has 0 amide bonds. The maximum absolute atomic E-state index is 15.2. The van der Waals surface area contributed by atoms with Crippen molar-refractivity contribution in [2.24, 2.45) is 50.2 Å². The standard InChI is InChI=1S/C51H73NO16/c1-46(2)30-13-16-51(7)40(29(53)22-26-27-23-47(3,17-18-48(27,4)19-20-50(26,51)6)24-52-28(41(59)60)21-25-11-9-8-10-12-25)49(30,5)15-14-31(46)65-45-39(35(57)34(56)38(67-45)43(63)64)68-44-36(58)32(54)33(55)37(66-44)42(61)62/h8-12,22,27-28,30-40,44-45,52,54-58H,13-21,23-24H2,1-7H3,(H,59,60)(H,61,62)(H,63,64)/t27-,28-,30-,31-,32-,33-,34-,35-,36+,37-,38-,39+,40+,44-,45+,47-,48+,49-,50+,51+/m0/s1. The first kappa shape index (κ1) is 51.0. The fourth-order valence-corrected chi connectivity index (χ4v) is 14.9. The van der Waals surface area contributed by atoms with E-state index in [0.717, 1.165) is 50.5 Å². The molecule has 8 rings (SSSR count). The molecule has 17 heteroatoms. The molecule has 378 valence electrons. The molecule has 0 radical (unpaired) electrons. The molecule has 68 heavy (non-hydrogen) atoms. The van der Waals surface area contributed by atoms with E-state index in [1.807, 2.05) is 50.3 Å². The number of carbonyl (C=O) groups is 4. The minimum atomic E-state index is -2.05. The summed E-state index contributed by atoms with van der Waals surface area (Å²) in [6.07, 6.45) is -10.7. The van der Waals surface area contributed by atoms with Crippen LogP contribution in [0.3, 0.4) is 0 Å². The van der Waals surface area contributed by atoms with Crippen LogP contribution in [0.5, 0.6) is 0 Å². The number of rotatable bonds is 12. The minimum absolute atomic E-state index is 0.00465. The second-order valence-corrected chi connectivity index (χ2v) is 23.5. The summed E-state index contributed by atoms with van der Waals surface area (Å²) in [4.78, 5) is 51.8. The summed E-state index contributed by atoms with van der Waals surface area (Å²) in [5.74, 6) is -4.30. The lowest BCUT2D eigenvalue weighted by Crippen LogP contribution is -2.68. The zero-order chi connectivity index (χ0) is 49.7. The molecule has 9 N–H and O–H groups in total. The van der Waals surface area contributed by atoms with Crippen molar-refractivity contribution in [3.05, 3.63) is 47.5 Å². The Labute approximate surface area is 397 Å². The molecule has 0 aromatic heterocycles. The van der Waals surface area contributed by atoms with E-state index in [2.05, 4.69) is 39.9 Å². The van der Waals surface area contributed by atoms with Gasteiger partial charge in [0.2, 0.25) is 0 Å². The summed E-state index contributed by atoms with van der Waals surface area (Å²) in [6.45, 7) is 16.2. The molecule has 0 spiro atoms. The third-order valence-corrected chi connectivity index (χ3v) is 19.2. The summed E-state index contributed by atoms with van der Waals surface area (Å²) >= 11 is 0. The Morgan fingerprint density at radius 1 is 0.735 bits per heavy atom. The number of allylic oxidation sites excluding steroid dienone is 2. The molecule has 20 atom stereocenters. The van der Waals surface area contributed by atoms with Gasteiger partial charge in [-0.1, -0.05) is 84.4 Å². The van der Waals surface area contributed by atoms with Crippen LogP contribution in [0, 0.1) is 50.2 Å². The largest absolute Gasteiger partial charge is 0.480 e. The van der Waals surface area contributed by atoms with E-state index in [-0.39, 0.29) is 39.8 Å². The molecule has 4 saturated carbocycles. The van der Waals surface area contributed by atoms with Crippen molar-refractivity contribution in [1.82, 2.24) is 5.32 Å². The fourth-order valence-electron chi connectivity index (χ4n) is 14.9. The lowest BCUT2D eigenvalue weighted by Gasteiger charge is -2.70. The van der Waals surface area contributed by atoms with Gasteiger partial charge in [-0.2, -0.15) is 0 Å². The van der Waals surface area contributed by atoms with Gasteiger partial charge in [0.05, 0.1) is 6.10 Å². The molecule has 2 aliphatic heterocycles. The van der Waals surface area contributed by atoms with Gasteiger partial charge < -0.3 is 65.1 Å². The highest BCUT2D eigenvalue weighted by atomic mass is 16.8. The summed E-state index contributed by atoms with van der Waals surface area (Å²) in [7, 11) is 0. The van der Waals surface area contributed by atoms with E-state index in [1.165, 1.54) is 5.57 Å². The van der Waals surface area contributed by atoms with Crippen molar-refractivity contribution in [1.29, 1.82) is 0 Å². The van der Waals surface area contributed by atoms with Gasteiger partial charge in [-0.3, -0.25) is 9.59 Å². The van der Waals surface area contributed by atoms with E-state index in [9.17, 15) is 55.2 Å². The molecule has 17 nitrogen and oxygen atoms in total. The zero-order valence-electron chi connectivity index (χ0n) is 40.2. The summed E-state index contributed by atoms with van der Waals surface area (Å²) in [6, 6.07) is 8.91. The van der Waals surface area contributed by atoms with Crippen molar-refractivity contribution in [2.75, 3.05) is 6.54 Å². The number of carboxylic acid groups (broad SMARTS) is 3. The lowest BCUT2D eigenvalue weighted by molar-refractivity contribution is -0.371. The van der Waals surface area contributed by atoms with Gasteiger partial charge in [-0.25, -0.2) is 9.59 Å². The van der Waals surface area contributed by atoms with Gasteiger partial charge >= 0.3 is 17.9 Å². The van der Waals surface area contributed by atoms with E-state index in [0.29, 0.717) is 25.8 Å². The third-order valence-electron chi connectivity index (χ3n) is 19.2. The van der Waals surface area contributed by atoms with Crippen LogP contribution >= 0.6 is 0 Å². The number of ether oxygens (including phenoxy) is 4. The molecule has 2 saturated heterocycles. The number of carboxylic acids is 3. The third kappa shape index (κ3) is 8.37. The lowest BCUT2D eigenvalue weighted by atomic mass is 9.33. The number of aliphatic hydroxyl groups excluding tert-OH is 5. The van der Waals surface area contributed by atoms with Gasteiger partial charge in [-0.15, -0.1) is 0 Å². The fraction of sp³-hybridized carbons (Fsp3) is 0.765. The first-order chi connectivity index (χ1) is 31.7. The molecular formula is C51H73NO16. The van der Waals surface area contributed by atoms with Crippen LogP contribution < -0.4 is 5.32 Å². The minimum Gasteiger partial charge on any atom is -0.480 e. The number of carbonyl (C=O) groups excluding carboxylic acids is 1. The van der Waals surface area contributed by atoms with Crippen LogP contribution in [-0.2, 0) is 44.5 Å². The van der Waals surface area contributed by atoms with E-state index < -0.39 is 108 Å². The number of ketones is 1. The second-order valence-electron chi connectivity index (χ2n) is 23.5. The molecule has 7 aliphatic rings. The second kappa shape index (κ2) is 18.0. The predicted octanol–water partition coefficient (Wildman–Crippen LogP) is 3.45. The van der Waals surface area contributed by atoms with Crippen LogP contribution in [0.1, 0.15) is 112 Å². The molecule has 1 aromatic rings. The maximum atomic E-state index is 15.2. The van der Waals surface area contributed by atoms with Crippen LogP contribution in [0.4, 0.5) is 0 Å². The van der Waals surface area contributed by atoms with Crippen molar-refractivity contribution in [3.8, 4) is 0 Å². The molecule has 2 heterocycles. The van der Waals surface area contributed by atoms with Crippen LogP contribution in [0.25, 0.3) is 0 Å². The number of hydrogen-bond donors (Lipinski definition) is 9. The number of hydrogen-bond acceptors (Lipinski definition) is 14. The Morgan fingerprint density at radius 2 is 1.35 bits per heavy atom. The highest BCUT2D eigenvalue weighted by Gasteiger charge is 2.70. The SMILES string of the molecule is CC1(C)[C@@H](O[C@@H]2O[C@H](C(=O)O)[C@@H](O)[C@H](O)[C@H]2O[C@@H]2O[C@H](C(=O)O)[C@@H](O)[C@H](O)[C@H]2O)CC[C@]2(C)[C@H]3C(=O)C=C4[C@@H]5C[C@@](C)(CN[C@@H](Cc6ccccc6)C(=O)O)CC[C@]5(C)CC[C@@]4(C)[C@]3(C)CC[C@@H]12. The Balaban J connectivity index is 1.03. The zero-order valence-corrected chi connectivity index (χ0v) is 40.2. The number of aliphatic carboxylic acids is 3. The van der Waals surface area contributed by atoms with Crippen LogP contribution in [0.2, 0.25) is 0 Å². The summed E-state index contributed by atoms with van der Waals surface area (Å²) in [5, 5.41) is 86.9. The normalized spacial score (nSPS) is 47.0. The average molecular weight is 956 g/mol. The van der Waals surface area contributed by atoms with E-state index in [1.54, 1.807) is 0 Å². The quantitative estimate of drug-likeness (QED) is 0.136. The Hall–Kier alpha value is -3.36.